The zero-order valence-electron chi connectivity index (χ0n) is 12.0. The number of H-pyrrole nitrogens is 1. The summed E-state index contributed by atoms with van der Waals surface area (Å²) in [5, 5.41) is 10.4. The number of carbonyl (C=O) groups is 1. The van der Waals surface area contributed by atoms with Crippen LogP contribution in [0.2, 0.25) is 0 Å². The second kappa shape index (κ2) is 5.61. The summed E-state index contributed by atoms with van der Waals surface area (Å²) < 4.78 is 0. The maximum Gasteiger partial charge on any atom is 0.308 e. The first kappa shape index (κ1) is 14.9. The number of carboxylic acid groups (broad SMARTS) is 1. The number of aromatic amines is 1. The van der Waals surface area contributed by atoms with Gasteiger partial charge in [0, 0.05) is 34.3 Å². The summed E-state index contributed by atoms with van der Waals surface area (Å²) in [5.74, 6) is -0.856. The topological polar surface area (TPSA) is 65.4 Å². The van der Waals surface area contributed by atoms with Crippen molar-refractivity contribution in [1.82, 2.24) is 4.98 Å². The Morgan fingerprint density at radius 2 is 2.23 bits per heavy atom. The number of benzene rings is 1. The first-order chi connectivity index (χ1) is 10.2. The molecule has 0 spiro atoms. The fourth-order valence-corrected chi connectivity index (χ4v) is 3.40. The van der Waals surface area contributed by atoms with Gasteiger partial charge in [0.05, 0.1) is 12.5 Å². The number of nitrogens with zero attached hydrogens (tertiary/aromatic N) is 1. The Morgan fingerprint density at radius 1 is 1.36 bits per heavy atom. The van der Waals surface area contributed by atoms with Crippen molar-refractivity contribution in [1.29, 1.82) is 0 Å². The van der Waals surface area contributed by atoms with Crippen LogP contribution in [0.25, 0.3) is 17.0 Å². The molecule has 114 valence electrons. The molecule has 0 radical (unpaired) electrons. The summed E-state index contributed by atoms with van der Waals surface area (Å²) in [4.78, 5) is 19.1. The Morgan fingerprint density at radius 3 is 3.05 bits per heavy atom. The molecular weight excluding hydrogens is 300 g/mol. The predicted molar refractivity (Wildman–Crippen MR) is 89.8 cm³/mol. The van der Waals surface area contributed by atoms with Gasteiger partial charge in [0.1, 0.15) is 0 Å². The molecule has 2 aromatic rings. The third-order valence-electron chi connectivity index (χ3n) is 4.50. The predicted octanol–water partition coefficient (Wildman–Crippen LogP) is 3.52. The molecule has 2 atom stereocenters. The third kappa shape index (κ3) is 2.33. The number of aliphatic carboxylic acids is 1. The quantitative estimate of drug-likeness (QED) is 0.845. The van der Waals surface area contributed by atoms with E-state index in [4.69, 9.17) is 0 Å². The highest BCUT2D eigenvalue weighted by atomic mass is 35.5. The zero-order valence-corrected chi connectivity index (χ0v) is 12.8. The number of aromatic nitrogens is 1. The Balaban J connectivity index is 0.00000144. The molecule has 0 bridgehead atoms. The lowest BCUT2D eigenvalue weighted by molar-refractivity contribution is -0.141. The van der Waals surface area contributed by atoms with Gasteiger partial charge in [-0.2, -0.15) is 0 Å². The van der Waals surface area contributed by atoms with Crippen molar-refractivity contribution in [3.05, 3.63) is 41.6 Å². The molecule has 2 heterocycles. The van der Waals surface area contributed by atoms with Crippen LogP contribution in [-0.4, -0.2) is 28.3 Å². The van der Waals surface area contributed by atoms with E-state index in [1.54, 1.807) is 0 Å². The van der Waals surface area contributed by atoms with E-state index in [9.17, 15) is 9.90 Å². The van der Waals surface area contributed by atoms with E-state index < -0.39 is 5.97 Å². The number of nitrogens with one attached hydrogen (secondary N) is 1. The van der Waals surface area contributed by atoms with Gasteiger partial charge in [0.25, 0.3) is 0 Å². The van der Waals surface area contributed by atoms with Crippen molar-refractivity contribution < 1.29 is 9.90 Å². The number of halogens is 1. The molecule has 4 rings (SSSR count). The number of allylic oxidation sites excluding steroid dienone is 1. The Kier molecular flexibility index (Phi) is 3.79. The van der Waals surface area contributed by atoms with Crippen molar-refractivity contribution in [2.75, 3.05) is 6.54 Å². The van der Waals surface area contributed by atoms with E-state index >= 15 is 0 Å². The van der Waals surface area contributed by atoms with Crippen molar-refractivity contribution >= 4 is 41.1 Å². The van der Waals surface area contributed by atoms with Gasteiger partial charge < -0.3 is 10.1 Å². The van der Waals surface area contributed by atoms with Gasteiger partial charge in [-0.05, 0) is 36.6 Å². The molecule has 5 heteroatoms. The summed E-state index contributed by atoms with van der Waals surface area (Å²) in [6, 6.07) is 6.38. The highest BCUT2D eigenvalue weighted by Crippen LogP contribution is 2.33. The van der Waals surface area contributed by atoms with Gasteiger partial charge in [-0.1, -0.05) is 12.2 Å². The number of hydrogen-bond acceptors (Lipinski definition) is 2. The number of hydrogen-bond donors (Lipinski definition) is 2. The van der Waals surface area contributed by atoms with Crippen LogP contribution in [0.3, 0.4) is 0 Å². The molecule has 0 saturated heterocycles. The highest BCUT2D eigenvalue weighted by Gasteiger charge is 2.31. The van der Waals surface area contributed by atoms with Crippen molar-refractivity contribution in [3.8, 4) is 0 Å². The minimum Gasteiger partial charge on any atom is -0.481 e. The lowest BCUT2D eigenvalue weighted by Crippen LogP contribution is -2.30. The molecular formula is C17H17ClN2O2. The molecule has 2 aliphatic rings. The van der Waals surface area contributed by atoms with E-state index in [1.807, 2.05) is 6.20 Å². The maximum atomic E-state index is 11.2. The van der Waals surface area contributed by atoms with E-state index in [0.29, 0.717) is 13.0 Å². The molecule has 1 aliphatic heterocycles. The number of carboxylic acids is 1. The fourth-order valence-electron chi connectivity index (χ4n) is 3.40. The van der Waals surface area contributed by atoms with Crippen molar-refractivity contribution in [2.24, 2.45) is 16.8 Å². The van der Waals surface area contributed by atoms with Gasteiger partial charge in [-0.3, -0.25) is 9.79 Å². The molecule has 22 heavy (non-hydrogen) atoms. The molecule has 2 N–H and O–H groups in total. The zero-order chi connectivity index (χ0) is 14.4. The molecule has 0 fully saturated rings. The number of aliphatic imine (C=N–C) groups is 1. The van der Waals surface area contributed by atoms with Crippen molar-refractivity contribution in [3.63, 3.8) is 0 Å². The molecule has 1 aromatic carbocycles. The third-order valence-corrected chi connectivity index (χ3v) is 4.50. The molecule has 1 aromatic heterocycles. The standard InChI is InChI=1S/C17H16N2O2.ClH/c20-17(21)13-6-12-3-1-2-10-8-15-11(4-5-18-15)7-14(10)16(12)19-9-13;/h1-2,4-5,7-8,12-13,18H,3,6,9H2,(H,20,21);1H. The van der Waals surface area contributed by atoms with Crippen LogP contribution < -0.4 is 0 Å². The Labute approximate surface area is 134 Å². The van der Waals surface area contributed by atoms with Gasteiger partial charge in [0.15, 0.2) is 0 Å². The number of rotatable bonds is 1. The van der Waals surface area contributed by atoms with Gasteiger partial charge >= 0.3 is 5.97 Å². The fraction of sp³-hybridized carbons (Fsp3) is 0.294. The summed E-state index contributed by atoms with van der Waals surface area (Å²) in [6.07, 6.45) is 7.76. The molecule has 1 aliphatic carbocycles. The van der Waals surface area contributed by atoms with E-state index in [2.05, 4.69) is 40.3 Å². The van der Waals surface area contributed by atoms with Crippen LogP contribution in [0.1, 0.15) is 24.0 Å². The summed E-state index contributed by atoms with van der Waals surface area (Å²) >= 11 is 0. The molecule has 0 amide bonds. The molecule has 2 unspecified atom stereocenters. The van der Waals surface area contributed by atoms with E-state index in [1.165, 1.54) is 10.9 Å². The number of fused-ring (bicyclic) bond motifs is 4. The van der Waals surface area contributed by atoms with Crippen molar-refractivity contribution in [2.45, 2.75) is 12.8 Å². The van der Waals surface area contributed by atoms with Crippen LogP contribution in [0.5, 0.6) is 0 Å². The maximum absolute atomic E-state index is 11.2. The minimum atomic E-state index is -0.729. The minimum absolute atomic E-state index is 0. The molecule has 4 nitrogen and oxygen atoms in total. The SMILES string of the molecule is Cl.O=C(O)C1CN=C2c3cc4cc[nH]c4cc3C=CCC2C1. The monoisotopic (exact) mass is 316 g/mol. The van der Waals surface area contributed by atoms with Gasteiger partial charge in [0.2, 0.25) is 0 Å². The highest BCUT2D eigenvalue weighted by molar-refractivity contribution is 6.09. The average Bonchev–Trinajstić information content (AvgIpc) is 2.85. The van der Waals surface area contributed by atoms with E-state index in [0.717, 1.165) is 23.2 Å². The largest absolute Gasteiger partial charge is 0.481 e. The smallest absolute Gasteiger partial charge is 0.308 e. The van der Waals surface area contributed by atoms with Crippen LogP contribution in [0.15, 0.2) is 35.5 Å². The van der Waals surface area contributed by atoms with Crippen LogP contribution >= 0.6 is 12.4 Å². The first-order valence-corrected chi connectivity index (χ1v) is 7.27. The first-order valence-electron chi connectivity index (χ1n) is 7.27. The second-order valence-corrected chi connectivity index (χ2v) is 5.84. The second-order valence-electron chi connectivity index (χ2n) is 5.84. The van der Waals surface area contributed by atoms with Crippen LogP contribution in [-0.2, 0) is 4.79 Å². The summed E-state index contributed by atoms with van der Waals surface area (Å²) in [7, 11) is 0. The van der Waals surface area contributed by atoms with Gasteiger partial charge in [-0.25, -0.2) is 0 Å². The Hall–Kier alpha value is -2.07. The van der Waals surface area contributed by atoms with Crippen LogP contribution in [0.4, 0.5) is 0 Å². The average molecular weight is 317 g/mol. The van der Waals surface area contributed by atoms with Gasteiger partial charge in [-0.15, -0.1) is 12.4 Å². The summed E-state index contributed by atoms with van der Waals surface area (Å²) in [6.45, 7) is 0.395. The normalized spacial score (nSPS) is 23.0. The van der Waals surface area contributed by atoms with E-state index in [-0.39, 0.29) is 24.2 Å². The Bertz CT molecular complexity index is 791. The summed E-state index contributed by atoms with van der Waals surface area (Å²) in [5.41, 5.74) is 4.52. The van der Waals surface area contributed by atoms with Crippen LogP contribution in [0, 0.1) is 11.8 Å². The lowest BCUT2D eigenvalue weighted by atomic mass is 9.83. The lowest BCUT2D eigenvalue weighted by Gasteiger charge is -2.26. The molecule has 0 saturated carbocycles.